The van der Waals surface area contributed by atoms with E-state index in [0.29, 0.717) is 30.0 Å². The van der Waals surface area contributed by atoms with E-state index in [0.717, 1.165) is 11.1 Å². The molecule has 0 spiro atoms. The molecule has 0 saturated carbocycles. The number of rotatable bonds is 14. The average Bonchev–Trinajstić information content (AvgIpc) is 3.43. The van der Waals surface area contributed by atoms with Crippen LogP contribution in [0.15, 0.2) is 65.8 Å². The van der Waals surface area contributed by atoms with Gasteiger partial charge in [-0.2, -0.15) is 4.72 Å². The molecular weight excluding hydrogens is 616 g/mol. The van der Waals surface area contributed by atoms with E-state index in [1.165, 1.54) is 4.90 Å². The molecule has 3 aromatic rings. The third kappa shape index (κ3) is 9.45. The molecule has 15 heteroatoms. The molecule has 2 amide bonds. The zero-order valence-electron chi connectivity index (χ0n) is 25.8. The number of benzene rings is 2. The van der Waals surface area contributed by atoms with Crippen LogP contribution in [0.5, 0.6) is 0 Å². The number of hydrogen-bond acceptors (Lipinski definition) is 10. The Morgan fingerprint density at radius 2 is 1.72 bits per heavy atom. The van der Waals surface area contributed by atoms with Gasteiger partial charge in [-0.25, -0.2) is 23.2 Å². The number of likely N-dealkylation sites (tertiary alicyclic amines) is 1. The Kier molecular flexibility index (Phi) is 11.6. The number of carbonyl (C=O) groups is 3. The molecule has 3 atom stereocenters. The van der Waals surface area contributed by atoms with Crippen molar-refractivity contribution in [1.29, 1.82) is 0 Å². The van der Waals surface area contributed by atoms with Crippen molar-refractivity contribution in [2.45, 2.75) is 56.9 Å². The van der Waals surface area contributed by atoms with E-state index >= 15 is 0 Å². The van der Waals surface area contributed by atoms with E-state index in [2.05, 4.69) is 25.3 Å². The summed E-state index contributed by atoms with van der Waals surface area (Å²) in [5, 5.41) is 15.2. The third-order valence-electron chi connectivity index (χ3n) is 7.30. The van der Waals surface area contributed by atoms with Crippen LogP contribution in [0.1, 0.15) is 28.7 Å². The highest BCUT2D eigenvalue weighted by Gasteiger charge is 2.37. The number of aromatic nitrogens is 2. The largest absolute Gasteiger partial charge is 0.480 e. The van der Waals surface area contributed by atoms with Crippen LogP contribution in [-0.4, -0.2) is 90.8 Å². The third-order valence-corrected chi connectivity index (χ3v) is 9.08. The van der Waals surface area contributed by atoms with Gasteiger partial charge in [0.25, 0.3) is 0 Å². The average molecular weight is 655 g/mol. The molecule has 1 aromatic heterocycles. The number of nitrogens with zero attached hydrogens (tertiary/aromatic N) is 3. The molecule has 1 aliphatic rings. The number of carboxylic acid groups (broad SMARTS) is 1. The van der Waals surface area contributed by atoms with Gasteiger partial charge in [0.1, 0.15) is 19.3 Å². The zero-order valence-corrected chi connectivity index (χ0v) is 26.6. The second-order valence-corrected chi connectivity index (χ2v) is 12.7. The van der Waals surface area contributed by atoms with Gasteiger partial charge in [-0.05, 0) is 49.9 Å². The van der Waals surface area contributed by atoms with Gasteiger partial charge < -0.3 is 30.1 Å². The summed E-state index contributed by atoms with van der Waals surface area (Å²) in [6, 6.07) is 12.3. The minimum absolute atomic E-state index is 0.00466. The predicted molar refractivity (Wildman–Crippen MR) is 167 cm³/mol. The van der Waals surface area contributed by atoms with Gasteiger partial charge in [-0.3, -0.25) is 9.59 Å². The van der Waals surface area contributed by atoms with Gasteiger partial charge in [0.2, 0.25) is 21.9 Å². The zero-order chi connectivity index (χ0) is 33.3. The van der Waals surface area contributed by atoms with Crippen LogP contribution in [0.25, 0.3) is 0 Å². The SMILES string of the molecule is Cc1cc(C)c(S(=O)(=O)N[C@@H](CNC(=O)CO[C@@H]2C[C@@H](CNc3ncccn3)N(C(=O)OCc3ccccc3)C2)C(=O)O)c(C)c1. The van der Waals surface area contributed by atoms with Crippen molar-refractivity contribution in [3.05, 3.63) is 83.2 Å². The first-order chi connectivity index (χ1) is 21.9. The van der Waals surface area contributed by atoms with Gasteiger partial charge in [0, 0.05) is 25.5 Å². The smallest absolute Gasteiger partial charge is 0.410 e. The van der Waals surface area contributed by atoms with E-state index in [1.54, 1.807) is 44.4 Å². The van der Waals surface area contributed by atoms with Crippen molar-refractivity contribution in [2.75, 3.05) is 31.6 Å². The molecule has 4 N–H and O–H groups in total. The monoisotopic (exact) mass is 654 g/mol. The van der Waals surface area contributed by atoms with Crippen molar-refractivity contribution >= 4 is 33.9 Å². The lowest BCUT2D eigenvalue weighted by molar-refractivity contribution is -0.139. The number of nitrogens with one attached hydrogen (secondary N) is 3. The lowest BCUT2D eigenvalue weighted by Crippen LogP contribution is -2.49. The molecule has 4 rings (SSSR count). The molecular formula is C31H38N6O8S. The van der Waals surface area contributed by atoms with Gasteiger partial charge in [0.15, 0.2) is 0 Å². The van der Waals surface area contributed by atoms with E-state index in [4.69, 9.17) is 9.47 Å². The predicted octanol–water partition coefficient (Wildman–Crippen LogP) is 2.16. The number of carboxylic acids is 1. The summed E-state index contributed by atoms with van der Waals surface area (Å²) in [7, 11) is -4.20. The van der Waals surface area contributed by atoms with Crippen LogP contribution in [0.3, 0.4) is 0 Å². The van der Waals surface area contributed by atoms with Crippen molar-refractivity contribution in [3.63, 3.8) is 0 Å². The fraction of sp³-hybridized carbons (Fsp3) is 0.387. The molecule has 246 valence electrons. The Morgan fingerprint density at radius 1 is 1.04 bits per heavy atom. The first-order valence-corrected chi connectivity index (χ1v) is 16.1. The van der Waals surface area contributed by atoms with E-state index in [-0.39, 0.29) is 24.1 Å². The molecule has 0 unspecified atom stereocenters. The van der Waals surface area contributed by atoms with Crippen molar-refractivity contribution in [2.24, 2.45) is 0 Å². The maximum atomic E-state index is 13.1. The fourth-order valence-electron chi connectivity index (χ4n) is 5.29. The highest BCUT2D eigenvalue weighted by Crippen LogP contribution is 2.23. The number of carbonyl (C=O) groups excluding carboxylic acids is 2. The fourth-order valence-corrected chi connectivity index (χ4v) is 6.93. The molecule has 14 nitrogen and oxygen atoms in total. The standard InChI is InChI=1S/C31H38N6O8S/c1-20-12-21(2)28(22(3)13-20)46(42,43)36-26(29(39)40)16-34-27(38)19-44-25-14-24(15-35-30-32-10-7-11-33-30)37(17-25)31(41)45-18-23-8-5-4-6-9-23/h4-13,24-26,36H,14-19H2,1-3H3,(H,34,38)(H,39,40)(H,32,33,35)/t24-,25+,26-/m0/s1. The number of aryl methyl sites for hydroxylation is 3. The second-order valence-electron chi connectivity index (χ2n) is 11.0. The Morgan fingerprint density at radius 3 is 2.37 bits per heavy atom. The lowest BCUT2D eigenvalue weighted by atomic mass is 10.1. The summed E-state index contributed by atoms with van der Waals surface area (Å²) in [5.74, 6) is -1.71. The van der Waals surface area contributed by atoms with Crippen molar-refractivity contribution < 1.29 is 37.4 Å². The summed E-state index contributed by atoms with van der Waals surface area (Å²) in [6.07, 6.45) is 2.48. The first-order valence-electron chi connectivity index (χ1n) is 14.6. The van der Waals surface area contributed by atoms with Gasteiger partial charge in [0.05, 0.1) is 23.6 Å². The number of ether oxygens (including phenoxy) is 2. The number of hydrogen-bond donors (Lipinski definition) is 4. The summed E-state index contributed by atoms with van der Waals surface area (Å²) in [4.78, 5) is 47.3. The molecule has 0 aliphatic carbocycles. The molecule has 1 aliphatic heterocycles. The summed E-state index contributed by atoms with van der Waals surface area (Å²) < 4.78 is 39.6. The number of aliphatic carboxylic acids is 1. The van der Waals surface area contributed by atoms with Gasteiger partial charge in [-0.15, -0.1) is 0 Å². The minimum Gasteiger partial charge on any atom is -0.480 e. The quantitative estimate of drug-likeness (QED) is 0.199. The Balaban J connectivity index is 1.32. The molecule has 2 aromatic carbocycles. The molecule has 46 heavy (non-hydrogen) atoms. The normalized spacial score (nSPS) is 16.9. The van der Waals surface area contributed by atoms with Gasteiger partial charge in [-0.1, -0.05) is 48.0 Å². The summed E-state index contributed by atoms with van der Waals surface area (Å²) in [5.41, 5.74) is 2.66. The lowest BCUT2D eigenvalue weighted by Gasteiger charge is -2.24. The number of sulfonamides is 1. The van der Waals surface area contributed by atoms with Crippen LogP contribution in [0.2, 0.25) is 0 Å². The topological polar surface area (TPSA) is 189 Å². The Bertz CT molecular complexity index is 1600. The van der Waals surface area contributed by atoms with Crippen LogP contribution in [0, 0.1) is 20.8 Å². The van der Waals surface area contributed by atoms with Crippen LogP contribution in [0.4, 0.5) is 10.7 Å². The molecule has 1 saturated heterocycles. The van der Waals surface area contributed by atoms with E-state index in [9.17, 15) is 27.9 Å². The molecule has 0 radical (unpaired) electrons. The maximum absolute atomic E-state index is 13.1. The first kappa shape index (κ1) is 34.3. The molecule has 0 bridgehead atoms. The van der Waals surface area contributed by atoms with E-state index in [1.807, 2.05) is 37.3 Å². The second kappa shape index (κ2) is 15.6. The number of amides is 2. The van der Waals surface area contributed by atoms with Gasteiger partial charge >= 0.3 is 12.1 Å². The van der Waals surface area contributed by atoms with E-state index < -0.39 is 53.3 Å². The number of anilines is 1. The summed E-state index contributed by atoms with van der Waals surface area (Å²) >= 11 is 0. The molecule has 1 fully saturated rings. The summed E-state index contributed by atoms with van der Waals surface area (Å²) in [6.45, 7) is 4.69. The van der Waals surface area contributed by atoms with Crippen molar-refractivity contribution in [1.82, 2.24) is 24.9 Å². The Hall–Kier alpha value is -4.60. The maximum Gasteiger partial charge on any atom is 0.410 e. The van der Waals surface area contributed by atoms with Crippen molar-refractivity contribution in [3.8, 4) is 0 Å². The van der Waals surface area contributed by atoms with Crippen LogP contribution < -0.4 is 15.4 Å². The highest BCUT2D eigenvalue weighted by molar-refractivity contribution is 7.89. The minimum atomic E-state index is -4.20. The van der Waals surface area contributed by atoms with Crippen LogP contribution >= 0.6 is 0 Å². The van der Waals surface area contributed by atoms with Crippen LogP contribution in [-0.2, 0) is 35.7 Å². The Labute approximate surface area is 267 Å². The highest BCUT2D eigenvalue weighted by atomic mass is 32.2. The molecule has 2 heterocycles.